The number of carbonyl (C=O) groups is 1. The van der Waals surface area contributed by atoms with E-state index in [-0.39, 0.29) is 24.4 Å². The van der Waals surface area contributed by atoms with Gasteiger partial charge in [-0.3, -0.25) is 4.79 Å². The Bertz CT molecular complexity index is 640. The molecular weight excluding hydrogens is 279 g/mol. The maximum absolute atomic E-state index is 12.2. The van der Waals surface area contributed by atoms with Crippen LogP contribution in [-0.2, 0) is 6.42 Å². The zero-order valence-electron chi connectivity index (χ0n) is 12.4. The highest BCUT2D eigenvalue weighted by Crippen LogP contribution is 2.29. The molecule has 0 fully saturated rings. The van der Waals surface area contributed by atoms with E-state index in [1.165, 1.54) is 0 Å². The fourth-order valence-corrected chi connectivity index (χ4v) is 2.43. The van der Waals surface area contributed by atoms with Crippen LogP contribution in [0.15, 0.2) is 48.5 Å². The summed E-state index contributed by atoms with van der Waals surface area (Å²) in [6.45, 7) is 1.78. The van der Waals surface area contributed by atoms with E-state index < -0.39 is 12.9 Å². The average Bonchev–Trinajstić information content (AvgIpc) is 2.51. The van der Waals surface area contributed by atoms with Crippen molar-refractivity contribution in [1.82, 2.24) is 0 Å². The third-order valence-corrected chi connectivity index (χ3v) is 3.77. The first kappa shape index (κ1) is 16.3. The Labute approximate surface area is 130 Å². The summed E-state index contributed by atoms with van der Waals surface area (Å²) < 4.78 is 0. The van der Waals surface area contributed by atoms with Crippen molar-refractivity contribution in [1.29, 1.82) is 0 Å². The summed E-state index contributed by atoms with van der Waals surface area (Å²) in [4.78, 5) is 12.2. The Morgan fingerprint density at radius 3 is 2.41 bits per heavy atom. The molecule has 0 heterocycles. The van der Waals surface area contributed by atoms with Crippen molar-refractivity contribution in [3.05, 3.63) is 65.2 Å². The lowest BCUT2D eigenvalue weighted by Crippen LogP contribution is -2.24. The summed E-state index contributed by atoms with van der Waals surface area (Å²) in [5, 5.41) is 29.1. The summed E-state index contributed by atoms with van der Waals surface area (Å²) in [5.74, 6) is -0.674. The Kier molecular flexibility index (Phi) is 5.36. The minimum Gasteiger partial charge on any atom is -0.507 e. The van der Waals surface area contributed by atoms with Crippen molar-refractivity contribution in [3.63, 3.8) is 0 Å². The molecule has 0 aliphatic rings. The molecule has 0 aliphatic heterocycles. The van der Waals surface area contributed by atoms with Gasteiger partial charge in [-0.15, -0.1) is 0 Å². The SMILES string of the molecule is Cc1cccc(CC(CC(=O)c2ccccc2)B(O)O)c1O. The van der Waals surface area contributed by atoms with Crippen molar-refractivity contribution in [3.8, 4) is 5.75 Å². The number of para-hydroxylation sites is 1. The first-order valence-corrected chi connectivity index (χ1v) is 7.21. The smallest absolute Gasteiger partial charge is 0.455 e. The van der Waals surface area contributed by atoms with Crippen LogP contribution in [0.1, 0.15) is 27.9 Å². The van der Waals surface area contributed by atoms with Crippen molar-refractivity contribution < 1.29 is 19.9 Å². The summed E-state index contributed by atoms with van der Waals surface area (Å²) in [5.41, 5.74) is 1.87. The first-order valence-electron chi connectivity index (χ1n) is 7.21. The fraction of sp³-hybridized carbons (Fsp3) is 0.235. The van der Waals surface area contributed by atoms with Gasteiger partial charge in [0.25, 0.3) is 0 Å². The van der Waals surface area contributed by atoms with E-state index in [0.29, 0.717) is 11.1 Å². The molecule has 0 saturated carbocycles. The second kappa shape index (κ2) is 7.25. The van der Waals surface area contributed by atoms with Gasteiger partial charge in [-0.2, -0.15) is 0 Å². The lowest BCUT2D eigenvalue weighted by Gasteiger charge is -2.16. The number of carbonyl (C=O) groups excluding carboxylic acids is 1. The van der Waals surface area contributed by atoms with Gasteiger partial charge in [0.15, 0.2) is 5.78 Å². The molecule has 1 unspecified atom stereocenters. The van der Waals surface area contributed by atoms with Crippen molar-refractivity contribution in [2.24, 2.45) is 0 Å². The van der Waals surface area contributed by atoms with Crippen LogP contribution >= 0.6 is 0 Å². The number of hydrogen-bond acceptors (Lipinski definition) is 4. The molecule has 0 amide bonds. The van der Waals surface area contributed by atoms with Gasteiger partial charge < -0.3 is 15.2 Å². The standard InChI is InChI=1S/C17H19BO4/c1-12-6-5-9-14(17(12)20)10-15(18(21)22)11-16(19)13-7-3-2-4-8-13/h2-9,15,20-22H,10-11H2,1H3. The predicted molar refractivity (Wildman–Crippen MR) is 85.9 cm³/mol. The third kappa shape index (κ3) is 3.96. The molecule has 0 radical (unpaired) electrons. The maximum Gasteiger partial charge on any atom is 0.455 e. The highest BCUT2D eigenvalue weighted by atomic mass is 16.4. The van der Waals surface area contributed by atoms with Crippen LogP contribution in [-0.4, -0.2) is 28.1 Å². The molecule has 0 spiro atoms. The van der Waals surface area contributed by atoms with E-state index >= 15 is 0 Å². The largest absolute Gasteiger partial charge is 0.507 e. The fourth-order valence-electron chi connectivity index (χ4n) is 2.43. The molecule has 0 aromatic heterocycles. The van der Waals surface area contributed by atoms with Crippen LogP contribution in [0.2, 0.25) is 5.82 Å². The monoisotopic (exact) mass is 298 g/mol. The van der Waals surface area contributed by atoms with Crippen molar-refractivity contribution in [2.75, 3.05) is 0 Å². The van der Waals surface area contributed by atoms with Gasteiger partial charge >= 0.3 is 7.12 Å². The number of hydrogen-bond donors (Lipinski definition) is 3. The second-order valence-electron chi connectivity index (χ2n) is 5.45. The van der Waals surface area contributed by atoms with Crippen molar-refractivity contribution in [2.45, 2.75) is 25.6 Å². The van der Waals surface area contributed by atoms with Gasteiger partial charge in [-0.1, -0.05) is 48.5 Å². The van der Waals surface area contributed by atoms with E-state index in [2.05, 4.69) is 0 Å². The maximum atomic E-state index is 12.2. The highest BCUT2D eigenvalue weighted by Gasteiger charge is 2.27. The van der Waals surface area contributed by atoms with Gasteiger partial charge in [-0.05, 0) is 24.5 Å². The number of aryl methyl sites for hydroxylation is 1. The minimum atomic E-state index is -1.62. The molecule has 2 rings (SSSR count). The number of aromatic hydroxyl groups is 1. The second-order valence-corrected chi connectivity index (χ2v) is 5.45. The number of Topliss-reactive ketones (excluding diaryl/α,β-unsaturated/α-hetero) is 1. The molecule has 22 heavy (non-hydrogen) atoms. The predicted octanol–water partition coefficient (Wildman–Crippen LogP) is 2.36. The molecule has 4 nitrogen and oxygen atoms in total. The summed E-state index contributed by atoms with van der Waals surface area (Å²) in [7, 11) is -1.62. The van der Waals surface area contributed by atoms with E-state index in [1.807, 2.05) is 6.07 Å². The van der Waals surface area contributed by atoms with Gasteiger partial charge in [0.2, 0.25) is 0 Å². The highest BCUT2D eigenvalue weighted by molar-refractivity contribution is 6.43. The van der Waals surface area contributed by atoms with Crippen LogP contribution in [0.5, 0.6) is 5.75 Å². The molecule has 2 aromatic carbocycles. The molecule has 0 aliphatic carbocycles. The summed E-state index contributed by atoms with van der Waals surface area (Å²) >= 11 is 0. The molecule has 114 valence electrons. The summed E-state index contributed by atoms with van der Waals surface area (Å²) in [6.07, 6.45) is 0.235. The zero-order chi connectivity index (χ0) is 16.1. The topological polar surface area (TPSA) is 77.8 Å². The molecule has 3 N–H and O–H groups in total. The average molecular weight is 298 g/mol. The van der Waals surface area contributed by atoms with E-state index in [1.54, 1.807) is 49.4 Å². The Morgan fingerprint density at radius 2 is 1.77 bits per heavy atom. The van der Waals surface area contributed by atoms with E-state index in [4.69, 9.17) is 0 Å². The van der Waals surface area contributed by atoms with Crippen LogP contribution in [0.25, 0.3) is 0 Å². The number of phenols is 1. The molecule has 2 aromatic rings. The zero-order valence-corrected chi connectivity index (χ0v) is 12.4. The first-order chi connectivity index (χ1) is 10.5. The molecule has 5 heteroatoms. The minimum absolute atomic E-state index is 0.00899. The van der Waals surface area contributed by atoms with Crippen LogP contribution in [0.3, 0.4) is 0 Å². The summed E-state index contributed by atoms with van der Waals surface area (Å²) in [6, 6.07) is 14.1. The molecule has 1 atom stereocenters. The van der Waals surface area contributed by atoms with Gasteiger partial charge in [0, 0.05) is 17.8 Å². The third-order valence-electron chi connectivity index (χ3n) is 3.77. The number of phenolic OH excluding ortho intramolecular Hbond substituents is 1. The Balaban J connectivity index is 2.14. The van der Waals surface area contributed by atoms with Crippen LogP contribution < -0.4 is 0 Å². The quantitative estimate of drug-likeness (QED) is 0.565. The number of benzene rings is 2. The van der Waals surface area contributed by atoms with Gasteiger partial charge in [0.1, 0.15) is 5.75 Å². The number of rotatable bonds is 6. The Hall–Kier alpha value is -2.11. The normalized spacial score (nSPS) is 12.0. The molecule has 0 saturated heterocycles. The van der Waals surface area contributed by atoms with Gasteiger partial charge in [0.05, 0.1) is 0 Å². The lowest BCUT2D eigenvalue weighted by atomic mass is 9.66. The van der Waals surface area contributed by atoms with Crippen molar-refractivity contribution >= 4 is 12.9 Å². The van der Waals surface area contributed by atoms with E-state index in [0.717, 1.165) is 5.56 Å². The van der Waals surface area contributed by atoms with Crippen LogP contribution in [0.4, 0.5) is 0 Å². The molecular formula is C17H19BO4. The number of ketones is 1. The lowest BCUT2D eigenvalue weighted by molar-refractivity contribution is 0.0975. The molecule has 0 bridgehead atoms. The Morgan fingerprint density at radius 1 is 1.09 bits per heavy atom. The van der Waals surface area contributed by atoms with E-state index in [9.17, 15) is 19.9 Å². The van der Waals surface area contributed by atoms with Gasteiger partial charge in [-0.25, -0.2) is 0 Å². The van der Waals surface area contributed by atoms with Crippen LogP contribution in [0, 0.1) is 6.92 Å².